The van der Waals surface area contributed by atoms with Crippen LogP contribution in [0.2, 0.25) is 0 Å². The lowest BCUT2D eigenvalue weighted by Crippen LogP contribution is -2.40. The van der Waals surface area contributed by atoms with E-state index in [4.69, 9.17) is 9.47 Å². The Balaban J connectivity index is 1.53. The van der Waals surface area contributed by atoms with Gasteiger partial charge in [0.15, 0.2) is 11.5 Å². The Bertz CT molecular complexity index is 749. The summed E-state index contributed by atoms with van der Waals surface area (Å²) in [6.45, 7) is 2.93. The molecule has 0 saturated carbocycles. The van der Waals surface area contributed by atoms with Crippen LogP contribution in [-0.4, -0.2) is 37.2 Å². The van der Waals surface area contributed by atoms with Gasteiger partial charge in [0, 0.05) is 22.8 Å². The number of hydrogen-bond acceptors (Lipinski definition) is 4. The van der Waals surface area contributed by atoms with Crippen LogP contribution in [0.1, 0.15) is 12.5 Å². The second kappa shape index (κ2) is 7.89. The second-order valence-corrected chi connectivity index (χ2v) is 7.01. The molecule has 6 heteroatoms. The van der Waals surface area contributed by atoms with Crippen LogP contribution in [-0.2, 0) is 11.2 Å². The molecule has 0 saturated heterocycles. The lowest BCUT2D eigenvalue weighted by atomic mass is 10.1. The fourth-order valence-corrected chi connectivity index (χ4v) is 2.84. The molecule has 2 aromatic rings. The van der Waals surface area contributed by atoms with E-state index in [0.29, 0.717) is 17.2 Å². The minimum atomic E-state index is -0.235. The molecule has 1 atom stereocenters. The van der Waals surface area contributed by atoms with Crippen molar-refractivity contribution in [1.29, 1.82) is 0 Å². The Morgan fingerprint density at radius 2 is 1.92 bits per heavy atom. The third kappa shape index (κ3) is 4.52. The third-order valence-electron chi connectivity index (χ3n) is 4.35. The first kappa shape index (κ1) is 17.8. The van der Waals surface area contributed by atoms with Gasteiger partial charge in [-0.1, -0.05) is 28.1 Å². The predicted octanol–water partition coefficient (Wildman–Crippen LogP) is 3.68. The molecular formula is C19H21BrN2O3. The van der Waals surface area contributed by atoms with Crippen molar-refractivity contribution in [1.82, 2.24) is 4.90 Å². The molecule has 1 unspecified atom stereocenters. The molecule has 132 valence electrons. The molecule has 1 amide bonds. The SMILES string of the molecule is CC(C(=O)Nc1ccc2c(c1)OCO2)N(C)CCc1ccc(Br)cc1. The van der Waals surface area contributed by atoms with Crippen molar-refractivity contribution in [2.45, 2.75) is 19.4 Å². The van der Waals surface area contributed by atoms with Crippen LogP contribution in [0.4, 0.5) is 5.69 Å². The van der Waals surface area contributed by atoms with Crippen molar-refractivity contribution in [3.05, 3.63) is 52.5 Å². The number of carbonyl (C=O) groups excluding carboxylic acids is 1. The number of ether oxygens (including phenoxy) is 2. The Labute approximate surface area is 156 Å². The molecule has 0 bridgehead atoms. The average molecular weight is 405 g/mol. The monoisotopic (exact) mass is 404 g/mol. The summed E-state index contributed by atoms with van der Waals surface area (Å²) in [5.41, 5.74) is 1.96. The highest BCUT2D eigenvalue weighted by atomic mass is 79.9. The van der Waals surface area contributed by atoms with Crippen LogP contribution in [0.15, 0.2) is 46.9 Å². The number of nitrogens with one attached hydrogen (secondary N) is 1. The van der Waals surface area contributed by atoms with Crippen LogP contribution in [0, 0.1) is 0 Å². The van der Waals surface area contributed by atoms with Gasteiger partial charge < -0.3 is 14.8 Å². The maximum atomic E-state index is 12.5. The van der Waals surface area contributed by atoms with Gasteiger partial charge in [0.25, 0.3) is 0 Å². The second-order valence-electron chi connectivity index (χ2n) is 6.09. The molecule has 1 N–H and O–H groups in total. The molecule has 1 aliphatic heterocycles. The summed E-state index contributed by atoms with van der Waals surface area (Å²) in [5.74, 6) is 1.32. The van der Waals surface area contributed by atoms with Gasteiger partial charge in [-0.25, -0.2) is 0 Å². The Kier molecular flexibility index (Phi) is 5.60. The molecular weight excluding hydrogens is 384 g/mol. The van der Waals surface area contributed by atoms with Crippen molar-refractivity contribution >= 4 is 27.5 Å². The zero-order valence-electron chi connectivity index (χ0n) is 14.3. The summed E-state index contributed by atoms with van der Waals surface area (Å²) in [6, 6.07) is 13.4. The largest absolute Gasteiger partial charge is 0.454 e. The number of carbonyl (C=O) groups is 1. The van der Waals surface area contributed by atoms with Crippen LogP contribution >= 0.6 is 15.9 Å². The van der Waals surface area contributed by atoms with Crippen LogP contribution in [0.25, 0.3) is 0 Å². The van der Waals surface area contributed by atoms with E-state index >= 15 is 0 Å². The number of benzene rings is 2. The quantitative estimate of drug-likeness (QED) is 0.797. The molecule has 5 nitrogen and oxygen atoms in total. The summed E-state index contributed by atoms with van der Waals surface area (Å²) in [5, 5.41) is 2.94. The average Bonchev–Trinajstić information content (AvgIpc) is 3.08. The number of amides is 1. The Morgan fingerprint density at radius 3 is 2.68 bits per heavy atom. The highest BCUT2D eigenvalue weighted by Crippen LogP contribution is 2.34. The zero-order valence-corrected chi connectivity index (χ0v) is 15.9. The highest BCUT2D eigenvalue weighted by molar-refractivity contribution is 9.10. The summed E-state index contributed by atoms with van der Waals surface area (Å²) in [6.07, 6.45) is 0.894. The van der Waals surface area contributed by atoms with Crippen molar-refractivity contribution in [2.75, 3.05) is 25.7 Å². The first-order valence-electron chi connectivity index (χ1n) is 8.18. The van der Waals surface area contributed by atoms with Gasteiger partial charge in [-0.3, -0.25) is 9.69 Å². The van der Waals surface area contributed by atoms with Crippen LogP contribution in [0.3, 0.4) is 0 Å². The summed E-state index contributed by atoms with van der Waals surface area (Å²) in [7, 11) is 1.96. The molecule has 1 aliphatic rings. The van der Waals surface area contributed by atoms with E-state index in [1.165, 1.54) is 5.56 Å². The van der Waals surface area contributed by atoms with E-state index in [1.807, 2.05) is 37.1 Å². The minimum absolute atomic E-state index is 0.0443. The number of likely N-dealkylation sites (N-methyl/N-ethyl adjacent to an activating group) is 1. The van der Waals surface area contributed by atoms with Gasteiger partial charge in [0.1, 0.15) is 0 Å². The molecule has 25 heavy (non-hydrogen) atoms. The van der Waals surface area contributed by atoms with Gasteiger partial charge in [-0.05, 0) is 50.2 Å². The minimum Gasteiger partial charge on any atom is -0.454 e. The topological polar surface area (TPSA) is 50.8 Å². The standard InChI is InChI=1S/C19H21BrN2O3/c1-13(22(2)10-9-14-3-5-15(20)6-4-14)19(23)21-16-7-8-17-18(11-16)25-12-24-17/h3-8,11,13H,9-10,12H2,1-2H3,(H,21,23). The lowest BCUT2D eigenvalue weighted by molar-refractivity contribution is -0.120. The Hall–Kier alpha value is -2.05. The summed E-state index contributed by atoms with van der Waals surface area (Å²) >= 11 is 3.44. The van der Waals surface area contributed by atoms with Gasteiger partial charge in [0.05, 0.1) is 6.04 Å². The van der Waals surface area contributed by atoms with E-state index in [0.717, 1.165) is 17.4 Å². The number of anilines is 1. The van der Waals surface area contributed by atoms with Crippen molar-refractivity contribution in [2.24, 2.45) is 0 Å². The molecule has 3 rings (SSSR count). The third-order valence-corrected chi connectivity index (χ3v) is 4.88. The summed E-state index contributed by atoms with van der Waals surface area (Å²) in [4.78, 5) is 14.5. The number of rotatable bonds is 6. The van der Waals surface area contributed by atoms with Gasteiger partial charge >= 0.3 is 0 Å². The lowest BCUT2D eigenvalue weighted by Gasteiger charge is -2.24. The molecule has 0 spiro atoms. The predicted molar refractivity (Wildman–Crippen MR) is 101 cm³/mol. The van der Waals surface area contributed by atoms with Crippen LogP contribution in [0.5, 0.6) is 11.5 Å². The fraction of sp³-hybridized carbons (Fsp3) is 0.316. The van der Waals surface area contributed by atoms with Crippen LogP contribution < -0.4 is 14.8 Å². The molecule has 0 fully saturated rings. The zero-order chi connectivity index (χ0) is 17.8. The van der Waals surface area contributed by atoms with E-state index in [-0.39, 0.29) is 18.7 Å². The van der Waals surface area contributed by atoms with Crippen molar-refractivity contribution < 1.29 is 14.3 Å². The fourth-order valence-electron chi connectivity index (χ4n) is 2.57. The highest BCUT2D eigenvalue weighted by Gasteiger charge is 2.19. The van der Waals surface area contributed by atoms with Crippen molar-refractivity contribution in [3.8, 4) is 11.5 Å². The number of fused-ring (bicyclic) bond motifs is 1. The molecule has 0 aromatic heterocycles. The number of hydrogen-bond donors (Lipinski definition) is 1. The molecule has 0 aliphatic carbocycles. The normalized spacial score (nSPS) is 13.8. The van der Waals surface area contributed by atoms with E-state index in [1.54, 1.807) is 12.1 Å². The molecule has 2 aromatic carbocycles. The molecule has 1 heterocycles. The van der Waals surface area contributed by atoms with Crippen molar-refractivity contribution in [3.63, 3.8) is 0 Å². The van der Waals surface area contributed by atoms with Gasteiger partial charge in [0.2, 0.25) is 12.7 Å². The van der Waals surface area contributed by atoms with E-state index in [2.05, 4.69) is 33.4 Å². The smallest absolute Gasteiger partial charge is 0.241 e. The number of nitrogens with zero attached hydrogens (tertiary/aromatic N) is 1. The first-order chi connectivity index (χ1) is 12.0. The van der Waals surface area contributed by atoms with Gasteiger partial charge in [-0.15, -0.1) is 0 Å². The maximum Gasteiger partial charge on any atom is 0.241 e. The van der Waals surface area contributed by atoms with E-state index in [9.17, 15) is 4.79 Å². The van der Waals surface area contributed by atoms with E-state index < -0.39 is 0 Å². The summed E-state index contributed by atoms with van der Waals surface area (Å²) < 4.78 is 11.7. The Morgan fingerprint density at radius 1 is 1.20 bits per heavy atom. The maximum absolute atomic E-state index is 12.5. The first-order valence-corrected chi connectivity index (χ1v) is 8.97. The molecule has 0 radical (unpaired) electrons. The van der Waals surface area contributed by atoms with Gasteiger partial charge in [-0.2, -0.15) is 0 Å². The number of halogens is 1.